The van der Waals surface area contributed by atoms with Gasteiger partial charge >= 0.3 is 19.5 Å². The van der Waals surface area contributed by atoms with Crippen molar-refractivity contribution in [1.82, 2.24) is 10.6 Å². The first-order chi connectivity index (χ1) is 40.6. The zero-order valence-electron chi connectivity index (χ0n) is 51.5. The van der Waals surface area contributed by atoms with Crippen LogP contribution in [0, 0.1) is 0 Å². The minimum Gasteiger partial charge on any atom is -0.462 e. The first-order valence-electron chi connectivity index (χ1n) is 32.2. The Morgan fingerprint density at radius 3 is 1.57 bits per heavy atom. The average molecular weight is 1220 g/mol. The van der Waals surface area contributed by atoms with Crippen LogP contribution in [-0.2, 0) is 61.2 Å². The van der Waals surface area contributed by atoms with Crippen molar-refractivity contribution in [3.63, 3.8) is 0 Å². The van der Waals surface area contributed by atoms with Gasteiger partial charge in [-0.3, -0.25) is 23.7 Å². The van der Waals surface area contributed by atoms with Gasteiger partial charge in [-0.05, 0) is 83.5 Å². The number of hydrogen-bond acceptors (Lipinski definition) is 19. The molecule has 2 amide bonds. The van der Waals surface area contributed by atoms with Gasteiger partial charge < -0.3 is 78.7 Å². The van der Waals surface area contributed by atoms with E-state index in [4.69, 9.17) is 37.5 Å². The van der Waals surface area contributed by atoms with Crippen LogP contribution in [0.5, 0.6) is 0 Å². The number of esters is 2. The molecule has 0 aliphatic carbocycles. The molecule has 0 saturated carbocycles. The number of ether oxygens (including phenoxy) is 6. The van der Waals surface area contributed by atoms with Gasteiger partial charge in [0.2, 0.25) is 11.8 Å². The van der Waals surface area contributed by atoms with E-state index in [2.05, 4.69) is 48.8 Å². The summed E-state index contributed by atoms with van der Waals surface area (Å²) in [6.07, 6.45) is 26.4. The van der Waals surface area contributed by atoms with Crippen LogP contribution in [0.1, 0.15) is 226 Å². The molecule has 8 N–H and O–H groups in total. The molecule has 22 heteroatoms. The Kier molecular flexibility index (Phi) is 46.0. The topological polar surface area (TPSA) is 305 Å². The lowest BCUT2D eigenvalue weighted by Crippen LogP contribution is -2.63. The van der Waals surface area contributed by atoms with Crippen LogP contribution >= 0.6 is 7.60 Å². The predicted octanol–water partition coefficient (Wildman–Crippen LogP) is 8.84. The molecule has 0 radical (unpaired) electrons. The lowest BCUT2D eigenvalue weighted by Gasteiger charge is -2.44. The Balaban J connectivity index is 1.69. The molecule has 2 rings (SSSR count). The number of rotatable bonds is 53. The molecule has 21 nitrogen and oxygen atoms in total. The molecule has 490 valence electrons. The zero-order valence-corrected chi connectivity index (χ0v) is 52.4. The first kappa shape index (κ1) is 77.2. The number of carbonyl (C=O) groups is 4. The lowest BCUT2D eigenvalue weighted by atomic mass is 9.98. The molecular formula is C62H113N2O19P. The van der Waals surface area contributed by atoms with Gasteiger partial charge in [0.1, 0.15) is 49.3 Å². The summed E-state index contributed by atoms with van der Waals surface area (Å²) >= 11 is 0. The highest BCUT2D eigenvalue weighted by Gasteiger charge is 2.49. The largest absolute Gasteiger partial charge is 0.462 e. The van der Waals surface area contributed by atoms with Crippen molar-refractivity contribution in [3.05, 3.63) is 24.3 Å². The Bertz CT molecular complexity index is 1800. The summed E-state index contributed by atoms with van der Waals surface area (Å²) in [6, 6.07) is 0. The minimum atomic E-state index is -3.69. The van der Waals surface area contributed by atoms with Crippen molar-refractivity contribution < 1.29 is 91.9 Å². The maximum Gasteiger partial charge on any atom is 0.327 e. The van der Waals surface area contributed by atoms with Crippen LogP contribution in [0.3, 0.4) is 0 Å². The highest BCUT2D eigenvalue weighted by molar-refractivity contribution is 7.52. The van der Waals surface area contributed by atoms with Crippen LogP contribution in [0.4, 0.5) is 0 Å². The normalized spacial score (nSPS) is 22.9. The van der Waals surface area contributed by atoms with E-state index in [1.165, 1.54) is 83.7 Å². The number of nitrogens with one attached hydrogen (secondary N) is 2. The fourth-order valence-electron chi connectivity index (χ4n) is 9.59. The van der Waals surface area contributed by atoms with E-state index in [9.17, 15) is 54.4 Å². The maximum absolute atomic E-state index is 13.3. The number of unbranched alkanes of at least 4 members (excludes halogenated alkanes) is 23. The van der Waals surface area contributed by atoms with E-state index in [0.717, 1.165) is 77.0 Å². The van der Waals surface area contributed by atoms with Crippen molar-refractivity contribution in [2.24, 2.45) is 0 Å². The molecule has 0 bridgehead atoms. The van der Waals surface area contributed by atoms with Gasteiger partial charge in [0.05, 0.1) is 33.0 Å². The van der Waals surface area contributed by atoms with Gasteiger partial charge in [0.15, 0.2) is 18.7 Å². The van der Waals surface area contributed by atoms with Gasteiger partial charge in [0, 0.05) is 45.4 Å². The maximum atomic E-state index is 13.3. The van der Waals surface area contributed by atoms with Gasteiger partial charge in [-0.1, -0.05) is 141 Å². The molecule has 84 heavy (non-hydrogen) atoms. The Labute approximate surface area is 502 Å². The monoisotopic (exact) mass is 1220 g/mol. The van der Waals surface area contributed by atoms with E-state index in [1.807, 2.05) is 0 Å². The fraction of sp³-hybridized carbons (Fsp3) is 0.871. The molecule has 0 aromatic heterocycles. The first-order valence-corrected chi connectivity index (χ1v) is 34.2. The third-order valence-electron chi connectivity index (χ3n) is 14.8. The van der Waals surface area contributed by atoms with Crippen LogP contribution in [0.2, 0.25) is 0 Å². The van der Waals surface area contributed by atoms with Crippen molar-refractivity contribution in [1.29, 1.82) is 0 Å². The van der Waals surface area contributed by atoms with Crippen LogP contribution in [0.15, 0.2) is 24.3 Å². The second kappa shape index (κ2) is 50.0. The molecule has 2 heterocycles. The second-order valence-corrected chi connectivity index (χ2v) is 24.6. The smallest absolute Gasteiger partial charge is 0.327 e. The average Bonchev–Trinajstić information content (AvgIpc) is 3.00. The molecular weight excluding hydrogens is 1110 g/mol. The summed E-state index contributed by atoms with van der Waals surface area (Å²) in [7, 11) is -3.69. The SMILES string of the molecule is CCCCCCCCC=CCCCCCCCC(=O)OC[C@H](COP(C)(=O)OCCNC(=O)CCCCC(=O)NCCCO[C@@H]1OC(CO)[C@H](O)[C@H](O)C1O[C@@H]1OC[C@@H](O)[C@H](O)C1O)OC(=O)CCCCCCC/C=C\CCCCCCCC. The minimum absolute atomic E-state index is 0.0192. The van der Waals surface area contributed by atoms with E-state index in [-0.39, 0.29) is 90.0 Å². The summed E-state index contributed by atoms with van der Waals surface area (Å²) in [4.78, 5) is 50.7. The summed E-state index contributed by atoms with van der Waals surface area (Å²) in [5, 5.41) is 66.3. The summed E-state index contributed by atoms with van der Waals surface area (Å²) < 4.78 is 57.8. The molecule has 0 aromatic rings. The van der Waals surface area contributed by atoms with Gasteiger partial charge in [-0.15, -0.1) is 0 Å². The molecule has 0 spiro atoms. The molecule has 2 aliphatic rings. The Morgan fingerprint density at radius 2 is 1.04 bits per heavy atom. The van der Waals surface area contributed by atoms with E-state index < -0.39 is 87.6 Å². The molecule has 2 saturated heterocycles. The summed E-state index contributed by atoms with van der Waals surface area (Å²) in [5.74, 6) is -1.41. The molecule has 0 aromatic carbocycles. The number of aliphatic hydroxyl groups is 6. The standard InChI is InChI=1S/C62H113N2O19P/c1-4-6-8-10-12-14-16-18-20-22-24-26-28-30-32-39-54(69)77-46-49(81-55(70)40-33-31-29-27-25-23-21-19-17-15-13-11-9-7-5-2)47-80-84(3,75)79-44-42-64-53(68)38-35-34-37-52(67)63-41-36-43-76-62-60(58(73)57(72)51(45-65)82-62)83-61-59(74)56(71)50(66)48-78-61/h18-21,49-51,56-62,65-66,71-74H,4-17,22-48H2,1-3H3,(H,63,67)(H,64,68)/b20-18?,21-19-/t49-,50-,51?,56+,57+,58+,59?,60?,61+,62-,84?/m1/s1. The van der Waals surface area contributed by atoms with Gasteiger partial charge in [-0.25, -0.2) is 0 Å². The molecule has 2 aliphatic heterocycles. The Morgan fingerprint density at radius 1 is 0.548 bits per heavy atom. The van der Waals surface area contributed by atoms with Gasteiger partial charge in [-0.2, -0.15) is 0 Å². The number of amides is 2. The number of aliphatic hydroxyl groups excluding tert-OH is 6. The van der Waals surface area contributed by atoms with Crippen molar-refractivity contribution in [2.45, 2.75) is 287 Å². The van der Waals surface area contributed by atoms with E-state index in [0.29, 0.717) is 25.7 Å². The highest BCUT2D eigenvalue weighted by atomic mass is 31.2. The fourth-order valence-corrected chi connectivity index (χ4v) is 10.5. The third-order valence-corrected chi connectivity index (χ3v) is 16.1. The highest BCUT2D eigenvalue weighted by Crippen LogP contribution is 2.43. The molecule has 2 fully saturated rings. The summed E-state index contributed by atoms with van der Waals surface area (Å²) in [5.41, 5.74) is 0. The van der Waals surface area contributed by atoms with Crippen molar-refractivity contribution in [3.8, 4) is 0 Å². The number of allylic oxidation sites excluding steroid dienone is 4. The van der Waals surface area contributed by atoms with Crippen molar-refractivity contribution in [2.75, 3.05) is 59.4 Å². The van der Waals surface area contributed by atoms with Crippen LogP contribution < -0.4 is 10.6 Å². The Hall–Kier alpha value is -2.89. The zero-order chi connectivity index (χ0) is 61.5. The van der Waals surface area contributed by atoms with Crippen LogP contribution in [-0.4, -0.2) is 175 Å². The lowest BCUT2D eigenvalue weighted by molar-refractivity contribution is -0.356. The summed E-state index contributed by atoms with van der Waals surface area (Å²) in [6.45, 7) is 4.25. The molecule has 4 unspecified atom stereocenters. The van der Waals surface area contributed by atoms with Crippen molar-refractivity contribution >= 4 is 31.3 Å². The second-order valence-electron chi connectivity index (χ2n) is 22.6. The third kappa shape index (κ3) is 38.4. The number of hydrogen-bond donors (Lipinski definition) is 8. The van der Waals surface area contributed by atoms with E-state index >= 15 is 0 Å². The quantitative estimate of drug-likeness (QED) is 0.0122. The molecule has 11 atom stereocenters. The van der Waals surface area contributed by atoms with Gasteiger partial charge in [0.25, 0.3) is 0 Å². The predicted molar refractivity (Wildman–Crippen MR) is 321 cm³/mol. The van der Waals surface area contributed by atoms with Crippen LogP contribution in [0.25, 0.3) is 0 Å². The number of carbonyl (C=O) groups excluding carboxylic acids is 4. The van der Waals surface area contributed by atoms with E-state index in [1.54, 1.807) is 0 Å².